The first-order valence-electron chi connectivity index (χ1n) is 5.01. The van der Waals surface area contributed by atoms with Crippen molar-refractivity contribution in [1.29, 1.82) is 0 Å². The minimum Gasteiger partial charge on any atom is -0.318 e. The summed E-state index contributed by atoms with van der Waals surface area (Å²) in [6, 6.07) is 7.50. The Labute approximate surface area is 97.5 Å². The SMILES string of the molecule is Cc1cc(C(=O)Nc2ccccc2F)ncn1. The first kappa shape index (κ1) is 11.2. The fourth-order valence-corrected chi connectivity index (χ4v) is 1.33. The fourth-order valence-electron chi connectivity index (χ4n) is 1.33. The Hall–Kier alpha value is -2.30. The number of aromatic nitrogens is 2. The molecule has 1 amide bonds. The van der Waals surface area contributed by atoms with Crippen molar-refractivity contribution in [3.8, 4) is 0 Å². The van der Waals surface area contributed by atoms with Crippen LogP contribution in [0.15, 0.2) is 36.7 Å². The van der Waals surface area contributed by atoms with Gasteiger partial charge in [-0.2, -0.15) is 0 Å². The van der Waals surface area contributed by atoms with Gasteiger partial charge in [-0.15, -0.1) is 0 Å². The lowest BCUT2D eigenvalue weighted by atomic mass is 10.2. The standard InChI is InChI=1S/C12H10FN3O/c1-8-6-11(15-7-14-8)12(17)16-10-5-3-2-4-9(10)13/h2-7H,1H3,(H,16,17). The van der Waals surface area contributed by atoms with Crippen LogP contribution >= 0.6 is 0 Å². The van der Waals surface area contributed by atoms with Crippen LogP contribution in [-0.4, -0.2) is 15.9 Å². The molecule has 1 heterocycles. The Morgan fingerprint density at radius 1 is 1.29 bits per heavy atom. The summed E-state index contributed by atoms with van der Waals surface area (Å²) in [5.74, 6) is -0.938. The summed E-state index contributed by atoms with van der Waals surface area (Å²) in [6.07, 6.45) is 1.30. The number of benzene rings is 1. The number of amides is 1. The summed E-state index contributed by atoms with van der Waals surface area (Å²) in [6.45, 7) is 1.75. The largest absolute Gasteiger partial charge is 0.318 e. The van der Waals surface area contributed by atoms with E-state index in [1.165, 1.54) is 24.5 Å². The van der Waals surface area contributed by atoms with Gasteiger partial charge in [-0.25, -0.2) is 14.4 Å². The number of anilines is 1. The third kappa shape index (κ3) is 2.63. The van der Waals surface area contributed by atoms with Crippen molar-refractivity contribution in [2.24, 2.45) is 0 Å². The molecule has 0 bridgehead atoms. The maximum absolute atomic E-state index is 13.3. The molecule has 0 aliphatic rings. The van der Waals surface area contributed by atoms with Crippen molar-refractivity contribution in [3.05, 3.63) is 53.9 Å². The Morgan fingerprint density at radius 3 is 2.76 bits per heavy atom. The third-order valence-electron chi connectivity index (χ3n) is 2.16. The van der Waals surface area contributed by atoms with Crippen LogP contribution in [0.2, 0.25) is 0 Å². The van der Waals surface area contributed by atoms with Crippen molar-refractivity contribution in [2.75, 3.05) is 5.32 Å². The van der Waals surface area contributed by atoms with E-state index in [1.54, 1.807) is 19.1 Å². The highest BCUT2D eigenvalue weighted by molar-refractivity contribution is 6.02. The molecular weight excluding hydrogens is 221 g/mol. The molecule has 17 heavy (non-hydrogen) atoms. The van der Waals surface area contributed by atoms with Crippen molar-refractivity contribution in [2.45, 2.75) is 6.92 Å². The lowest BCUT2D eigenvalue weighted by Gasteiger charge is -2.05. The molecule has 1 N–H and O–H groups in total. The number of nitrogens with one attached hydrogen (secondary N) is 1. The average Bonchev–Trinajstić information content (AvgIpc) is 2.32. The van der Waals surface area contributed by atoms with E-state index in [-0.39, 0.29) is 11.4 Å². The Bertz CT molecular complexity index is 557. The predicted octanol–water partition coefficient (Wildman–Crippen LogP) is 2.18. The first-order valence-corrected chi connectivity index (χ1v) is 5.01. The molecule has 0 saturated heterocycles. The molecule has 5 heteroatoms. The van der Waals surface area contributed by atoms with E-state index in [9.17, 15) is 9.18 Å². The number of aryl methyl sites for hydroxylation is 1. The van der Waals surface area contributed by atoms with E-state index in [1.807, 2.05) is 0 Å². The number of hydrogen-bond donors (Lipinski definition) is 1. The molecular formula is C12H10FN3O. The van der Waals surface area contributed by atoms with Crippen molar-refractivity contribution in [3.63, 3.8) is 0 Å². The third-order valence-corrected chi connectivity index (χ3v) is 2.16. The van der Waals surface area contributed by atoms with Gasteiger partial charge in [-0.3, -0.25) is 4.79 Å². The molecule has 0 saturated carbocycles. The molecule has 0 atom stereocenters. The highest BCUT2D eigenvalue weighted by atomic mass is 19.1. The number of nitrogens with zero attached hydrogens (tertiary/aromatic N) is 2. The number of rotatable bonds is 2. The molecule has 0 aliphatic carbocycles. The monoisotopic (exact) mass is 231 g/mol. The summed E-state index contributed by atoms with van der Waals surface area (Å²) in [7, 11) is 0. The smallest absolute Gasteiger partial charge is 0.274 e. The van der Waals surface area contributed by atoms with Crippen molar-refractivity contribution < 1.29 is 9.18 Å². The van der Waals surface area contributed by atoms with Gasteiger partial charge in [0.2, 0.25) is 0 Å². The predicted molar refractivity (Wildman–Crippen MR) is 61.1 cm³/mol. The number of carbonyl (C=O) groups excluding carboxylic acids is 1. The maximum atomic E-state index is 13.3. The lowest BCUT2D eigenvalue weighted by molar-refractivity contribution is 0.102. The molecule has 0 spiro atoms. The highest BCUT2D eigenvalue weighted by Crippen LogP contribution is 2.13. The second-order valence-electron chi connectivity index (χ2n) is 3.48. The summed E-state index contributed by atoms with van der Waals surface area (Å²) in [5.41, 5.74) is 1.02. The van der Waals surface area contributed by atoms with Gasteiger partial charge in [0.15, 0.2) is 0 Å². The molecule has 4 nitrogen and oxygen atoms in total. The zero-order chi connectivity index (χ0) is 12.3. The Kier molecular flexibility index (Phi) is 3.09. The molecule has 0 fully saturated rings. The van der Waals surface area contributed by atoms with Crippen LogP contribution in [0.25, 0.3) is 0 Å². The van der Waals surface area contributed by atoms with E-state index < -0.39 is 11.7 Å². The summed E-state index contributed by atoms with van der Waals surface area (Å²) in [4.78, 5) is 19.5. The number of halogens is 1. The molecule has 86 valence electrons. The summed E-state index contributed by atoms with van der Waals surface area (Å²) in [5, 5.41) is 2.45. The Balaban J connectivity index is 2.20. The van der Waals surface area contributed by atoms with Crippen molar-refractivity contribution in [1.82, 2.24) is 9.97 Å². The molecule has 0 unspecified atom stereocenters. The van der Waals surface area contributed by atoms with Crippen LogP contribution in [0, 0.1) is 12.7 Å². The van der Waals surface area contributed by atoms with Gasteiger partial charge in [-0.05, 0) is 25.1 Å². The molecule has 2 aromatic rings. The number of para-hydroxylation sites is 1. The molecule has 2 rings (SSSR count). The van der Waals surface area contributed by atoms with Crippen LogP contribution in [0.5, 0.6) is 0 Å². The van der Waals surface area contributed by atoms with Gasteiger partial charge in [-0.1, -0.05) is 12.1 Å². The molecule has 1 aromatic heterocycles. The van der Waals surface area contributed by atoms with Crippen LogP contribution in [0.4, 0.5) is 10.1 Å². The normalized spacial score (nSPS) is 10.0. The van der Waals surface area contributed by atoms with Gasteiger partial charge in [0.05, 0.1) is 5.69 Å². The van der Waals surface area contributed by atoms with E-state index >= 15 is 0 Å². The van der Waals surface area contributed by atoms with Gasteiger partial charge in [0, 0.05) is 5.69 Å². The fraction of sp³-hybridized carbons (Fsp3) is 0.0833. The minimum absolute atomic E-state index is 0.133. The zero-order valence-corrected chi connectivity index (χ0v) is 9.14. The summed E-state index contributed by atoms with van der Waals surface area (Å²) < 4.78 is 13.3. The quantitative estimate of drug-likeness (QED) is 0.861. The lowest BCUT2D eigenvalue weighted by Crippen LogP contribution is -2.15. The van der Waals surface area contributed by atoms with Crippen LogP contribution in [0.3, 0.4) is 0 Å². The van der Waals surface area contributed by atoms with Crippen LogP contribution in [-0.2, 0) is 0 Å². The maximum Gasteiger partial charge on any atom is 0.274 e. The highest BCUT2D eigenvalue weighted by Gasteiger charge is 2.10. The zero-order valence-electron chi connectivity index (χ0n) is 9.14. The number of carbonyl (C=O) groups is 1. The second kappa shape index (κ2) is 4.69. The van der Waals surface area contributed by atoms with E-state index in [0.717, 1.165) is 0 Å². The Morgan fingerprint density at radius 2 is 2.06 bits per heavy atom. The average molecular weight is 231 g/mol. The van der Waals surface area contributed by atoms with E-state index in [2.05, 4.69) is 15.3 Å². The van der Waals surface area contributed by atoms with Gasteiger partial charge in [0.25, 0.3) is 5.91 Å². The first-order chi connectivity index (χ1) is 8.16. The molecule has 1 aromatic carbocycles. The van der Waals surface area contributed by atoms with Crippen LogP contribution in [0.1, 0.15) is 16.2 Å². The van der Waals surface area contributed by atoms with Gasteiger partial charge in [0.1, 0.15) is 17.8 Å². The topological polar surface area (TPSA) is 54.9 Å². The van der Waals surface area contributed by atoms with Crippen molar-refractivity contribution >= 4 is 11.6 Å². The minimum atomic E-state index is -0.480. The number of hydrogen-bond acceptors (Lipinski definition) is 3. The summed E-state index contributed by atoms with van der Waals surface area (Å²) >= 11 is 0. The second-order valence-corrected chi connectivity index (χ2v) is 3.48. The van der Waals surface area contributed by atoms with Gasteiger partial charge < -0.3 is 5.32 Å². The van der Waals surface area contributed by atoms with E-state index in [4.69, 9.17) is 0 Å². The van der Waals surface area contributed by atoms with E-state index in [0.29, 0.717) is 5.69 Å². The van der Waals surface area contributed by atoms with Gasteiger partial charge >= 0.3 is 0 Å². The van der Waals surface area contributed by atoms with Crippen LogP contribution < -0.4 is 5.32 Å². The molecule has 0 aliphatic heterocycles. The molecule has 0 radical (unpaired) electrons.